The molecule has 0 saturated carbocycles. The maximum absolute atomic E-state index is 5.74. The summed E-state index contributed by atoms with van der Waals surface area (Å²) in [5, 5.41) is 4.40. The fourth-order valence-corrected chi connectivity index (χ4v) is 3.50. The van der Waals surface area contributed by atoms with Gasteiger partial charge < -0.3 is 0 Å². The van der Waals surface area contributed by atoms with Gasteiger partial charge in [-0.2, -0.15) is 5.10 Å². The summed E-state index contributed by atoms with van der Waals surface area (Å²) < 4.78 is 2.99. The van der Waals surface area contributed by atoms with Crippen molar-refractivity contribution in [3.8, 4) is 0 Å². The highest BCUT2D eigenvalue weighted by Gasteiger charge is 2.20. The number of nitrogens with one attached hydrogen (secondary N) is 1. The van der Waals surface area contributed by atoms with Crippen LogP contribution in [0.1, 0.15) is 31.6 Å². The SMILES string of the molecule is CC(C)n1ncc(Br)c1C(CSc1ccccc1)NN. The Morgan fingerprint density at radius 1 is 1.35 bits per heavy atom. The highest BCUT2D eigenvalue weighted by atomic mass is 79.9. The summed E-state index contributed by atoms with van der Waals surface area (Å²) >= 11 is 5.34. The summed E-state index contributed by atoms with van der Waals surface area (Å²) in [6.45, 7) is 4.22. The molecule has 0 amide bonds. The molecule has 108 valence electrons. The van der Waals surface area contributed by atoms with Gasteiger partial charge in [0.15, 0.2) is 0 Å². The summed E-state index contributed by atoms with van der Waals surface area (Å²) in [5.41, 5.74) is 3.99. The van der Waals surface area contributed by atoms with Gasteiger partial charge in [0.2, 0.25) is 0 Å². The van der Waals surface area contributed by atoms with Crippen molar-refractivity contribution in [2.75, 3.05) is 5.75 Å². The third-order valence-electron chi connectivity index (χ3n) is 2.97. The van der Waals surface area contributed by atoms with Crippen LogP contribution in [-0.2, 0) is 0 Å². The van der Waals surface area contributed by atoms with Gasteiger partial charge in [0.1, 0.15) is 0 Å². The maximum atomic E-state index is 5.74. The topological polar surface area (TPSA) is 55.9 Å². The van der Waals surface area contributed by atoms with Gasteiger partial charge in [0, 0.05) is 16.7 Å². The lowest BCUT2D eigenvalue weighted by molar-refractivity contribution is 0.467. The molecule has 6 heteroatoms. The molecular formula is C14H19BrN4S. The molecule has 0 saturated heterocycles. The number of hydrogen-bond acceptors (Lipinski definition) is 4. The van der Waals surface area contributed by atoms with Gasteiger partial charge in [-0.15, -0.1) is 11.8 Å². The second kappa shape index (κ2) is 7.26. The van der Waals surface area contributed by atoms with Crippen LogP contribution < -0.4 is 11.3 Å². The molecule has 0 aliphatic rings. The van der Waals surface area contributed by atoms with Crippen LogP contribution >= 0.6 is 27.7 Å². The number of nitrogens with two attached hydrogens (primary N) is 1. The van der Waals surface area contributed by atoms with Crippen LogP contribution in [0.25, 0.3) is 0 Å². The van der Waals surface area contributed by atoms with Crippen LogP contribution in [0.3, 0.4) is 0 Å². The molecule has 1 aromatic heterocycles. The Morgan fingerprint density at radius 2 is 2.05 bits per heavy atom. The minimum absolute atomic E-state index is 0.0412. The molecule has 0 fully saturated rings. The molecule has 1 atom stereocenters. The molecule has 1 aromatic carbocycles. The van der Waals surface area contributed by atoms with Crippen LogP contribution in [0, 0.1) is 0 Å². The molecule has 0 aliphatic heterocycles. The van der Waals surface area contributed by atoms with Crippen molar-refractivity contribution in [3.63, 3.8) is 0 Å². The van der Waals surface area contributed by atoms with Gasteiger partial charge in [0.05, 0.1) is 22.4 Å². The van der Waals surface area contributed by atoms with Crippen molar-refractivity contribution in [3.05, 3.63) is 46.7 Å². The standard InChI is InChI=1S/C14H19BrN4S/c1-10(2)19-14(12(15)8-17-19)13(18-16)9-20-11-6-4-3-5-7-11/h3-8,10,13,18H,9,16H2,1-2H3. The summed E-state index contributed by atoms with van der Waals surface area (Å²) in [4.78, 5) is 1.24. The van der Waals surface area contributed by atoms with Gasteiger partial charge in [-0.25, -0.2) is 0 Å². The first-order valence-corrected chi connectivity index (χ1v) is 8.28. The summed E-state index contributed by atoms with van der Waals surface area (Å²) in [6, 6.07) is 10.7. The summed E-state index contributed by atoms with van der Waals surface area (Å²) in [6.07, 6.45) is 1.83. The number of halogens is 1. The first-order valence-electron chi connectivity index (χ1n) is 6.50. The summed E-state index contributed by atoms with van der Waals surface area (Å²) in [5.74, 6) is 6.59. The molecule has 4 nitrogen and oxygen atoms in total. The van der Waals surface area contributed by atoms with E-state index in [1.807, 2.05) is 29.1 Å². The molecule has 0 spiro atoms. The van der Waals surface area contributed by atoms with Crippen LogP contribution in [0.5, 0.6) is 0 Å². The zero-order chi connectivity index (χ0) is 14.5. The van der Waals surface area contributed by atoms with Gasteiger partial charge in [-0.1, -0.05) is 18.2 Å². The number of hydrazine groups is 1. The predicted octanol–water partition coefficient (Wildman–Crippen LogP) is 3.52. The molecule has 0 radical (unpaired) electrons. The fourth-order valence-electron chi connectivity index (χ4n) is 1.99. The van der Waals surface area contributed by atoms with E-state index in [2.05, 4.69) is 52.4 Å². The van der Waals surface area contributed by atoms with Crippen molar-refractivity contribution in [2.24, 2.45) is 5.84 Å². The number of rotatable bonds is 6. The molecule has 2 rings (SSSR count). The predicted molar refractivity (Wildman–Crippen MR) is 87.5 cm³/mol. The lowest BCUT2D eigenvalue weighted by atomic mass is 10.2. The van der Waals surface area contributed by atoms with E-state index in [0.717, 1.165) is 15.9 Å². The zero-order valence-corrected chi connectivity index (χ0v) is 14.0. The van der Waals surface area contributed by atoms with Crippen molar-refractivity contribution in [1.29, 1.82) is 0 Å². The van der Waals surface area contributed by atoms with E-state index < -0.39 is 0 Å². The minimum atomic E-state index is 0.0412. The average molecular weight is 355 g/mol. The fraction of sp³-hybridized carbons (Fsp3) is 0.357. The van der Waals surface area contributed by atoms with Crippen LogP contribution in [0.4, 0.5) is 0 Å². The van der Waals surface area contributed by atoms with Crippen molar-refractivity contribution in [1.82, 2.24) is 15.2 Å². The molecular weight excluding hydrogens is 336 g/mol. The third kappa shape index (κ3) is 3.63. The normalized spacial score (nSPS) is 12.8. The Balaban J connectivity index is 2.14. The lowest BCUT2D eigenvalue weighted by Gasteiger charge is -2.20. The highest BCUT2D eigenvalue weighted by molar-refractivity contribution is 9.10. The number of nitrogens with zero attached hydrogens (tertiary/aromatic N) is 2. The zero-order valence-electron chi connectivity index (χ0n) is 11.6. The van der Waals surface area contributed by atoms with Crippen LogP contribution in [-0.4, -0.2) is 15.5 Å². The number of aromatic nitrogens is 2. The van der Waals surface area contributed by atoms with E-state index in [0.29, 0.717) is 6.04 Å². The molecule has 3 N–H and O–H groups in total. The molecule has 0 aliphatic carbocycles. The van der Waals surface area contributed by atoms with Gasteiger partial charge in [0.25, 0.3) is 0 Å². The van der Waals surface area contributed by atoms with Crippen LogP contribution in [0.2, 0.25) is 0 Å². The third-order valence-corrected chi connectivity index (χ3v) is 4.68. The molecule has 0 bridgehead atoms. The van der Waals surface area contributed by atoms with E-state index in [1.54, 1.807) is 11.8 Å². The molecule has 20 heavy (non-hydrogen) atoms. The monoisotopic (exact) mass is 354 g/mol. The lowest BCUT2D eigenvalue weighted by Crippen LogP contribution is -2.32. The maximum Gasteiger partial charge on any atom is 0.0734 e. The number of benzene rings is 1. The van der Waals surface area contributed by atoms with Crippen molar-refractivity contribution >= 4 is 27.7 Å². The smallest absolute Gasteiger partial charge is 0.0734 e. The van der Waals surface area contributed by atoms with Gasteiger partial charge >= 0.3 is 0 Å². The highest BCUT2D eigenvalue weighted by Crippen LogP contribution is 2.30. The van der Waals surface area contributed by atoms with E-state index in [9.17, 15) is 0 Å². The first kappa shape index (κ1) is 15.6. The Morgan fingerprint density at radius 3 is 2.65 bits per heavy atom. The minimum Gasteiger partial charge on any atom is -0.271 e. The van der Waals surface area contributed by atoms with Gasteiger partial charge in [-0.05, 0) is 41.9 Å². The van der Waals surface area contributed by atoms with Crippen molar-refractivity contribution < 1.29 is 0 Å². The number of hydrogen-bond donors (Lipinski definition) is 2. The Hall–Kier alpha value is -0.820. The Kier molecular flexibility index (Phi) is 5.65. The number of thioether (sulfide) groups is 1. The Bertz CT molecular complexity index is 541. The average Bonchev–Trinajstić information content (AvgIpc) is 2.83. The molecule has 1 unspecified atom stereocenters. The van der Waals surface area contributed by atoms with E-state index in [4.69, 9.17) is 5.84 Å². The molecule has 2 aromatic rings. The van der Waals surface area contributed by atoms with Crippen LogP contribution in [0.15, 0.2) is 45.9 Å². The van der Waals surface area contributed by atoms with E-state index in [-0.39, 0.29) is 6.04 Å². The van der Waals surface area contributed by atoms with E-state index >= 15 is 0 Å². The van der Waals surface area contributed by atoms with Gasteiger partial charge in [-0.3, -0.25) is 16.0 Å². The largest absolute Gasteiger partial charge is 0.271 e. The second-order valence-electron chi connectivity index (χ2n) is 4.76. The van der Waals surface area contributed by atoms with E-state index in [1.165, 1.54) is 4.90 Å². The quantitative estimate of drug-likeness (QED) is 0.473. The first-order chi connectivity index (χ1) is 9.63. The summed E-state index contributed by atoms with van der Waals surface area (Å²) in [7, 11) is 0. The second-order valence-corrected chi connectivity index (χ2v) is 6.71. The Labute approximate surface area is 132 Å². The molecule has 1 heterocycles. The van der Waals surface area contributed by atoms with Crippen molar-refractivity contribution in [2.45, 2.75) is 30.8 Å².